The van der Waals surface area contributed by atoms with E-state index in [4.69, 9.17) is 9.47 Å². The first kappa shape index (κ1) is 15.1. The van der Waals surface area contributed by atoms with Crippen molar-refractivity contribution in [3.05, 3.63) is 22.8 Å². The highest BCUT2D eigenvalue weighted by molar-refractivity contribution is 5.56. The van der Waals surface area contributed by atoms with Crippen LogP contribution in [0.15, 0.2) is 6.07 Å². The van der Waals surface area contributed by atoms with E-state index in [1.165, 1.54) is 16.7 Å². The number of rotatable bonds is 5. The van der Waals surface area contributed by atoms with Crippen LogP contribution in [0.2, 0.25) is 0 Å². The Labute approximate surface area is 122 Å². The fourth-order valence-electron chi connectivity index (χ4n) is 3.31. The van der Waals surface area contributed by atoms with Crippen molar-refractivity contribution in [1.29, 1.82) is 0 Å². The first-order chi connectivity index (χ1) is 9.67. The fourth-order valence-corrected chi connectivity index (χ4v) is 3.31. The summed E-state index contributed by atoms with van der Waals surface area (Å²) in [6.45, 7) is 4.08. The van der Waals surface area contributed by atoms with Gasteiger partial charge >= 0.3 is 0 Å². The van der Waals surface area contributed by atoms with E-state index in [0.29, 0.717) is 6.04 Å². The average molecular weight is 278 g/mol. The van der Waals surface area contributed by atoms with Crippen LogP contribution in [0.25, 0.3) is 0 Å². The Morgan fingerprint density at radius 2 is 2.10 bits per heavy atom. The van der Waals surface area contributed by atoms with E-state index in [9.17, 15) is 0 Å². The second-order valence-corrected chi connectivity index (χ2v) is 5.35. The molecule has 0 fully saturated rings. The Morgan fingerprint density at radius 3 is 2.65 bits per heavy atom. The number of methoxy groups -OCH3 is 2. The summed E-state index contributed by atoms with van der Waals surface area (Å²) in [6, 6.07) is 2.53. The van der Waals surface area contributed by atoms with Crippen LogP contribution in [-0.2, 0) is 13.0 Å². The van der Waals surface area contributed by atoms with Gasteiger partial charge in [0.15, 0.2) is 0 Å². The highest BCUT2D eigenvalue weighted by Crippen LogP contribution is 2.43. The highest BCUT2D eigenvalue weighted by Gasteiger charge is 2.30. The van der Waals surface area contributed by atoms with Crippen molar-refractivity contribution in [3.63, 3.8) is 0 Å². The smallest absolute Gasteiger partial charge is 0.127 e. The van der Waals surface area contributed by atoms with E-state index in [1.807, 2.05) is 7.05 Å². The van der Waals surface area contributed by atoms with Crippen molar-refractivity contribution < 1.29 is 9.47 Å². The summed E-state index contributed by atoms with van der Waals surface area (Å²) in [7, 11) is 7.66. The molecule has 4 heteroatoms. The topological polar surface area (TPSA) is 33.7 Å². The molecule has 0 aromatic heterocycles. The molecule has 112 valence electrons. The maximum atomic E-state index is 5.71. The Bertz CT molecular complexity index is 474. The van der Waals surface area contributed by atoms with E-state index in [1.54, 1.807) is 14.2 Å². The van der Waals surface area contributed by atoms with E-state index < -0.39 is 0 Å². The molecule has 4 nitrogen and oxygen atoms in total. The van der Waals surface area contributed by atoms with Gasteiger partial charge in [-0.2, -0.15) is 0 Å². The fraction of sp³-hybridized carbons (Fsp3) is 0.625. The molecule has 1 aliphatic rings. The zero-order chi connectivity index (χ0) is 14.7. The number of nitrogens with zero attached hydrogens (tertiary/aromatic N) is 1. The minimum atomic E-state index is 0.409. The molecular weight excluding hydrogens is 252 g/mol. The summed E-state index contributed by atoms with van der Waals surface area (Å²) in [5.74, 6) is 2.02. The van der Waals surface area contributed by atoms with Crippen LogP contribution < -0.4 is 14.8 Å². The predicted molar refractivity (Wildman–Crippen MR) is 81.7 cm³/mol. The van der Waals surface area contributed by atoms with Gasteiger partial charge in [-0.25, -0.2) is 0 Å². The normalized spacial score (nSPS) is 18.8. The van der Waals surface area contributed by atoms with Crippen LogP contribution in [0.1, 0.15) is 36.1 Å². The van der Waals surface area contributed by atoms with Gasteiger partial charge in [-0.3, -0.25) is 4.90 Å². The van der Waals surface area contributed by atoms with Gasteiger partial charge in [0, 0.05) is 35.8 Å². The van der Waals surface area contributed by atoms with Crippen molar-refractivity contribution in [2.45, 2.75) is 32.4 Å². The molecular formula is C16H26N2O2. The second kappa shape index (κ2) is 6.46. The first-order valence-corrected chi connectivity index (χ1v) is 7.29. The SMILES string of the molecule is CCC1c2c(OC)cc(CNC)c(OC)c2CCN1C. The van der Waals surface area contributed by atoms with E-state index in [0.717, 1.165) is 37.4 Å². The molecule has 1 aromatic carbocycles. The number of likely N-dealkylation sites (N-methyl/N-ethyl adjacent to an activating group) is 1. The molecule has 0 aliphatic carbocycles. The van der Waals surface area contributed by atoms with Crippen LogP contribution in [0.3, 0.4) is 0 Å². The summed E-state index contributed by atoms with van der Waals surface area (Å²) in [5, 5.41) is 3.20. The minimum Gasteiger partial charge on any atom is -0.496 e. The summed E-state index contributed by atoms with van der Waals surface area (Å²) < 4.78 is 11.4. The molecule has 0 spiro atoms. The van der Waals surface area contributed by atoms with Crippen LogP contribution >= 0.6 is 0 Å². The molecule has 2 rings (SSSR count). The third-order valence-electron chi connectivity index (χ3n) is 4.22. The van der Waals surface area contributed by atoms with Gasteiger partial charge in [-0.05, 0) is 33.0 Å². The second-order valence-electron chi connectivity index (χ2n) is 5.35. The van der Waals surface area contributed by atoms with Crippen molar-refractivity contribution >= 4 is 0 Å². The molecule has 1 unspecified atom stereocenters. The van der Waals surface area contributed by atoms with Crippen LogP contribution in [0.4, 0.5) is 0 Å². The molecule has 0 saturated heterocycles. The van der Waals surface area contributed by atoms with Crippen molar-refractivity contribution in [3.8, 4) is 11.5 Å². The largest absolute Gasteiger partial charge is 0.496 e. The third kappa shape index (κ3) is 2.50. The Kier molecular flexibility index (Phi) is 4.89. The summed E-state index contributed by atoms with van der Waals surface area (Å²) in [6.07, 6.45) is 2.09. The average Bonchev–Trinajstić information content (AvgIpc) is 2.46. The lowest BCUT2D eigenvalue weighted by Crippen LogP contribution is -2.32. The van der Waals surface area contributed by atoms with E-state index in [-0.39, 0.29) is 0 Å². The van der Waals surface area contributed by atoms with E-state index in [2.05, 4.69) is 30.3 Å². The number of fused-ring (bicyclic) bond motifs is 1. The minimum absolute atomic E-state index is 0.409. The summed E-state index contributed by atoms with van der Waals surface area (Å²) >= 11 is 0. The van der Waals surface area contributed by atoms with Gasteiger partial charge in [-0.15, -0.1) is 0 Å². The van der Waals surface area contributed by atoms with Crippen LogP contribution in [-0.4, -0.2) is 39.8 Å². The summed E-state index contributed by atoms with van der Waals surface area (Å²) in [4.78, 5) is 2.40. The Hall–Kier alpha value is -1.26. The van der Waals surface area contributed by atoms with Crippen LogP contribution in [0.5, 0.6) is 11.5 Å². The quantitative estimate of drug-likeness (QED) is 0.896. The Balaban J connectivity index is 2.63. The number of nitrogens with one attached hydrogen (secondary N) is 1. The first-order valence-electron chi connectivity index (χ1n) is 7.29. The Morgan fingerprint density at radius 1 is 1.35 bits per heavy atom. The molecule has 1 N–H and O–H groups in total. The zero-order valence-corrected chi connectivity index (χ0v) is 13.2. The van der Waals surface area contributed by atoms with E-state index >= 15 is 0 Å². The van der Waals surface area contributed by atoms with Gasteiger partial charge in [0.05, 0.1) is 14.2 Å². The maximum absolute atomic E-state index is 5.71. The molecule has 0 radical (unpaired) electrons. The van der Waals surface area contributed by atoms with Gasteiger partial charge in [-0.1, -0.05) is 6.92 Å². The zero-order valence-electron chi connectivity index (χ0n) is 13.2. The third-order valence-corrected chi connectivity index (χ3v) is 4.22. The monoisotopic (exact) mass is 278 g/mol. The van der Waals surface area contributed by atoms with Gasteiger partial charge in [0.2, 0.25) is 0 Å². The number of benzene rings is 1. The number of hydrogen-bond donors (Lipinski definition) is 1. The van der Waals surface area contributed by atoms with Crippen molar-refractivity contribution in [2.75, 3.05) is 34.9 Å². The lowest BCUT2D eigenvalue weighted by atomic mass is 9.88. The number of ether oxygens (including phenoxy) is 2. The van der Waals surface area contributed by atoms with Crippen LogP contribution in [0, 0.1) is 0 Å². The molecule has 0 amide bonds. The van der Waals surface area contributed by atoms with Gasteiger partial charge < -0.3 is 14.8 Å². The molecule has 1 atom stereocenters. The lowest BCUT2D eigenvalue weighted by Gasteiger charge is -2.36. The molecule has 20 heavy (non-hydrogen) atoms. The molecule has 1 aromatic rings. The highest BCUT2D eigenvalue weighted by atomic mass is 16.5. The summed E-state index contributed by atoms with van der Waals surface area (Å²) in [5.41, 5.74) is 3.80. The van der Waals surface area contributed by atoms with Crippen molar-refractivity contribution in [2.24, 2.45) is 0 Å². The van der Waals surface area contributed by atoms with Crippen molar-refractivity contribution in [1.82, 2.24) is 10.2 Å². The molecule has 1 heterocycles. The molecule has 1 aliphatic heterocycles. The lowest BCUT2D eigenvalue weighted by molar-refractivity contribution is 0.216. The standard InChI is InChI=1S/C16H26N2O2/c1-6-13-15-12(7-8-18(13)3)16(20-5)11(10-17-2)9-14(15)19-4/h9,13,17H,6-8,10H2,1-5H3. The maximum Gasteiger partial charge on any atom is 0.127 e. The number of hydrogen-bond acceptors (Lipinski definition) is 4. The molecule has 0 saturated carbocycles. The van der Waals surface area contributed by atoms with Gasteiger partial charge in [0.25, 0.3) is 0 Å². The van der Waals surface area contributed by atoms with Gasteiger partial charge in [0.1, 0.15) is 11.5 Å². The molecule has 0 bridgehead atoms. The predicted octanol–water partition coefficient (Wildman–Crippen LogP) is 2.36.